The van der Waals surface area contributed by atoms with Crippen LogP contribution < -0.4 is 10.1 Å². The molecule has 1 aliphatic heterocycles. The van der Waals surface area contributed by atoms with Gasteiger partial charge in [0.2, 0.25) is 0 Å². The van der Waals surface area contributed by atoms with E-state index in [9.17, 15) is 5.11 Å². The molecule has 1 aromatic heterocycles. The van der Waals surface area contributed by atoms with Crippen LogP contribution in [0.1, 0.15) is 60.1 Å². The molecule has 2 aliphatic rings. The highest BCUT2D eigenvalue weighted by Gasteiger charge is 2.23. The largest absolute Gasteiger partial charge is 0.493 e. The number of aliphatic hydroxyl groups is 1. The molecule has 0 radical (unpaired) electrons. The van der Waals surface area contributed by atoms with E-state index < -0.39 is 6.10 Å². The molecule has 1 aliphatic carbocycles. The Morgan fingerprint density at radius 2 is 2.08 bits per heavy atom. The lowest BCUT2D eigenvalue weighted by atomic mass is 9.88. The van der Waals surface area contributed by atoms with Crippen molar-refractivity contribution < 1.29 is 9.84 Å². The first-order valence-electron chi connectivity index (χ1n) is 9.39. The van der Waals surface area contributed by atoms with Crippen LogP contribution >= 0.6 is 0 Å². The predicted molar refractivity (Wildman–Crippen MR) is 96.7 cm³/mol. The SMILES string of the molecule is Cn1cc([C@@H](O)CN[C@H]2CCCOc3cc4c(cc32)CCCC4)cn1. The fraction of sp³-hybridized carbons (Fsp3) is 0.550. The van der Waals surface area contributed by atoms with Crippen molar-refractivity contribution >= 4 is 0 Å². The van der Waals surface area contributed by atoms with E-state index in [1.807, 2.05) is 13.2 Å². The van der Waals surface area contributed by atoms with Crippen molar-refractivity contribution in [1.29, 1.82) is 0 Å². The maximum atomic E-state index is 10.4. The van der Waals surface area contributed by atoms with E-state index in [-0.39, 0.29) is 6.04 Å². The molecule has 0 unspecified atom stereocenters. The van der Waals surface area contributed by atoms with Crippen LogP contribution in [0.25, 0.3) is 0 Å². The van der Waals surface area contributed by atoms with E-state index in [4.69, 9.17) is 4.74 Å². The smallest absolute Gasteiger partial charge is 0.124 e. The summed E-state index contributed by atoms with van der Waals surface area (Å²) < 4.78 is 7.75. The molecule has 2 N–H and O–H groups in total. The molecule has 5 nitrogen and oxygen atoms in total. The van der Waals surface area contributed by atoms with Gasteiger partial charge in [-0.3, -0.25) is 4.68 Å². The molecule has 0 amide bonds. The molecule has 2 aromatic rings. The van der Waals surface area contributed by atoms with Crippen LogP contribution in [0.15, 0.2) is 24.5 Å². The van der Waals surface area contributed by atoms with Crippen molar-refractivity contribution in [1.82, 2.24) is 15.1 Å². The highest BCUT2D eigenvalue weighted by atomic mass is 16.5. The minimum atomic E-state index is -0.543. The van der Waals surface area contributed by atoms with Crippen LogP contribution in [0.5, 0.6) is 5.75 Å². The van der Waals surface area contributed by atoms with E-state index >= 15 is 0 Å². The van der Waals surface area contributed by atoms with Crippen LogP contribution in [-0.2, 0) is 19.9 Å². The Morgan fingerprint density at radius 1 is 1.28 bits per heavy atom. The molecular weight excluding hydrogens is 314 g/mol. The Balaban J connectivity index is 1.52. The van der Waals surface area contributed by atoms with Gasteiger partial charge in [0.1, 0.15) is 5.75 Å². The summed E-state index contributed by atoms with van der Waals surface area (Å²) in [5.74, 6) is 1.03. The number of rotatable bonds is 4. The Bertz CT molecular complexity index is 741. The van der Waals surface area contributed by atoms with Gasteiger partial charge in [0, 0.05) is 37.0 Å². The van der Waals surface area contributed by atoms with E-state index in [2.05, 4.69) is 22.5 Å². The van der Waals surface area contributed by atoms with Gasteiger partial charge >= 0.3 is 0 Å². The lowest BCUT2D eigenvalue weighted by Crippen LogP contribution is -2.26. The number of aryl methyl sites for hydroxylation is 3. The second-order valence-electron chi connectivity index (χ2n) is 7.28. The van der Waals surface area contributed by atoms with Gasteiger partial charge in [0.05, 0.1) is 18.9 Å². The second kappa shape index (κ2) is 7.18. The van der Waals surface area contributed by atoms with Crippen LogP contribution in [0.2, 0.25) is 0 Å². The van der Waals surface area contributed by atoms with Crippen LogP contribution in [-0.4, -0.2) is 28.0 Å². The first-order chi connectivity index (χ1) is 12.2. The first kappa shape index (κ1) is 16.6. The number of hydrogen-bond donors (Lipinski definition) is 2. The third-order valence-electron chi connectivity index (χ3n) is 5.41. The van der Waals surface area contributed by atoms with Gasteiger partial charge in [-0.15, -0.1) is 0 Å². The molecule has 25 heavy (non-hydrogen) atoms. The Hall–Kier alpha value is -1.85. The zero-order valence-electron chi connectivity index (χ0n) is 14.9. The molecule has 1 aromatic carbocycles. The van der Waals surface area contributed by atoms with E-state index in [1.165, 1.54) is 42.4 Å². The zero-order chi connectivity index (χ0) is 17.2. The Morgan fingerprint density at radius 3 is 2.84 bits per heavy atom. The van der Waals surface area contributed by atoms with E-state index in [0.717, 1.165) is 30.8 Å². The molecule has 0 saturated heterocycles. The number of hydrogen-bond acceptors (Lipinski definition) is 4. The standard InChI is InChI=1S/C20H27N3O2/c1-23-13-16(11-22-23)19(24)12-21-18-7-4-8-25-20-10-15-6-3-2-5-14(15)9-17(18)20/h9-11,13,18-19,21,24H,2-8,12H2,1H3/t18-,19-/m0/s1. The third-order valence-corrected chi connectivity index (χ3v) is 5.41. The molecule has 0 fully saturated rings. The Kier molecular flexibility index (Phi) is 4.77. The quantitative estimate of drug-likeness (QED) is 0.898. The number of nitrogens with zero attached hydrogens (tertiary/aromatic N) is 2. The first-order valence-corrected chi connectivity index (χ1v) is 9.39. The summed E-state index contributed by atoms with van der Waals surface area (Å²) in [6.07, 6.45) is 10.0. The number of benzene rings is 1. The van der Waals surface area contributed by atoms with Gasteiger partial charge < -0.3 is 15.2 Å². The van der Waals surface area contributed by atoms with Crippen LogP contribution in [0, 0.1) is 0 Å². The summed E-state index contributed by atoms with van der Waals surface area (Å²) in [7, 11) is 1.87. The number of ether oxygens (including phenoxy) is 1. The number of aromatic nitrogens is 2. The molecule has 0 bridgehead atoms. The highest BCUT2D eigenvalue weighted by molar-refractivity contribution is 5.46. The predicted octanol–water partition coefficient (Wildman–Crippen LogP) is 2.84. The molecule has 5 heteroatoms. The van der Waals surface area contributed by atoms with Crippen molar-refractivity contribution in [3.05, 3.63) is 46.8 Å². The topological polar surface area (TPSA) is 59.3 Å². The molecule has 2 atom stereocenters. The van der Waals surface area contributed by atoms with Gasteiger partial charge in [-0.25, -0.2) is 0 Å². The minimum Gasteiger partial charge on any atom is -0.493 e. The zero-order valence-corrected chi connectivity index (χ0v) is 14.9. The van der Waals surface area contributed by atoms with Crippen molar-refractivity contribution in [2.45, 2.75) is 50.7 Å². The van der Waals surface area contributed by atoms with Crippen LogP contribution in [0.4, 0.5) is 0 Å². The summed E-state index contributed by atoms with van der Waals surface area (Å²) in [5, 5.41) is 18.1. The summed E-state index contributed by atoms with van der Waals surface area (Å²) in [5.41, 5.74) is 5.05. The van der Waals surface area contributed by atoms with Crippen LogP contribution in [0.3, 0.4) is 0 Å². The molecule has 4 rings (SSSR count). The molecule has 0 saturated carbocycles. The number of fused-ring (bicyclic) bond motifs is 2. The summed E-state index contributed by atoms with van der Waals surface area (Å²) in [6.45, 7) is 1.29. The Labute approximate surface area is 149 Å². The second-order valence-corrected chi connectivity index (χ2v) is 7.28. The average molecular weight is 341 g/mol. The molecule has 134 valence electrons. The minimum absolute atomic E-state index is 0.232. The molecule has 2 heterocycles. The lowest BCUT2D eigenvalue weighted by molar-refractivity contribution is 0.169. The molecule has 0 spiro atoms. The van der Waals surface area contributed by atoms with Gasteiger partial charge in [0.25, 0.3) is 0 Å². The van der Waals surface area contributed by atoms with E-state index in [0.29, 0.717) is 6.54 Å². The van der Waals surface area contributed by atoms with E-state index in [1.54, 1.807) is 10.9 Å². The van der Waals surface area contributed by atoms with Crippen molar-refractivity contribution in [2.24, 2.45) is 7.05 Å². The normalized spacial score (nSPS) is 21.0. The number of nitrogens with one attached hydrogen (secondary N) is 1. The van der Waals surface area contributed by atoms with Gasteiger partial charge in [-0.1, -0.05) is 6.07 Å². The summed E-state index contributed by atoms with van der Waals surface area (Å²) in [4.78, 5) is 0. The lowest BCUT2D eigenvalue weighted by Gasteiger charge is -2.24. The summed E-state index contributed by atoms with van der Waals surface area (Å²) >= 11 is 0. The maximum absolute atomic E-state index is 10.4. The van der Waals surface area contributed by atoms with Crippen molar-refractivity contribution in [3.63, 3.8) is 0 Å². The fourth-order valence-electron chi connectivity index (χ4n) is 4.00. The maximum Gasteiger partial charge on any atom is 0.124 e. The van der Waals surface area contributed by atoms with Gasteiger partial charge in [-0.05, 0) is 55.7 Å². The fourth-order valence-corrected chi connectivity index (χ4v) is 4.00. The van der Waals surface area contributed by atoms with Gasteiger partial charge in [-0.2, -0.15) is 5.10 Å². The summed E-state index contributed by atoms with van der Waals surface area (Å²) in [6, 6.07) is 4.85. The van der Waals surface area contributed by atoms with Crippen molar-refractivity contribution in [3.8, 4) is 5.75 Å². The monoisotopic (exact) mass is 341 g/mol. The average Bonchev–Trinajstić information content (AvgIpc) is 2.97. The number of aliphatic hydroxyl groups excluding tert-OH is 1. The van der Waals surface area contributed by atoms with Crippen molar-refractivity contribution in [2.75, 3.05) is 13.2 Å². The van der Waals surface area contributed by atoms with Gasteiger partial charge in [0.15, 0.2) is 0 Å². The molecular formula is C20H27N3O2. The highest BCUT2D eigenvalue weighted by Crippen LogP contribution is 2.36. The third kappa shape index (κ3) is 3.58.